The summed E-state index contributed by atoms with van der Waals surface area (Å²) in [4.78, 5) is 7.57. The zero-order valence-electron chi connectivity index (χ0n) is 13.1. The molecule has 0 amide bonds. The number of pyridine rings is 1. The third kappa shape index (κ3) is 3.70. The normalized spacial score (nSPS) is 13.4. The first-order chi connectivity index (χ1) is 9.37. The summed E-state index contributed by atoms with van der Waals surface area (Å²) in [5.74, 6) is 0.520. The Labute approximate surface area is 121 Å². The van der Waals surface area contributed by atoms with E-state index in [2.05, 4.69) is 62.0 Å². The fourth-order valence-electron chi connectivity index (χ4n) is 2.09. The van der Waals surface area contributed by atoms with Gasteiger partial charge in [0.2, 0.25) is 0 Å². The van der Waals surface area contributed by atoms with Crippen LogP contribution in [0.4, 0.5) is 0 Å². The predicted octanol–water partition coefficient (Wildman–Crippen LogP) is 3.99. The molecule has 2 heterocycles. The molecule has 2 rings (SSSR count). The molecule has 0 fully saturated rings. The SMILES string of the molecule is CC(C)C(=Cc1c[nH]c2ncccc12)CNC(C)(C)C. The summed E-state index contributed by atoms with van der Waals surface area (Å²) in [5.41, 5.74) is 3.71. The molecule has 0 saturated heterocycles. The van der Waals surface area contributed by atoms with Crippen molar-refractivity contribution in [3.63, 3.8) is 0 Å². The van der Waals surface area contributed by atoms with Crippen LogP contribution in [0.2, 0.25) is 0 Å². The van der Waals surface area contributed by atoms with Crippen molar-refractivity contribution in [1.82, 2.24) is 15.3 Å². The molecular formula is C17H25N3. The summed E-state index contributed by atoms with van der Waals surface area (Å²) >= 11 is 0. The van der Waals surface area contributed by atoms with E-state index in [0.717, 1.165) is 12.2 Å². The summed E-state index contributed by atoms with van der Waals surface area (Å²) < 4.78 is 0. The van der Waals surface area contributed by atoms with Crippen molar-refractivity contribution in [1.29, 1.82) is 0 Å². The minimum absolute atomic E-state index is 0.135. The van der Waals surface area contributed by atoms with Crippen molar-refractivity contribution in [2.24, 2.45) is 5.92 Å². The molecule has 108 valence electrons. The van der Waals surface area contributed by atoms with Gasteiger partial charge in [-0.15, -0.1) is 0 Å². The molecule has 0 atom stereocenters. The lowest BCUT2D eigenvalue weighted by molar-refractivity contribution is 0.437. The molecule has 20 heavy (non-hydrogen) atoms. The van der Waals surface area contributed by atoms with Gasteiger partial charge >= 0.3 is 0 Å². The van der Waals surface area contributed by atoms with Crippen LogP contribution in [-0.2, 0) is 0 Å². The maximum atomic E-state index is 4.34. The Hall–Kier alpha value is -1.61. The van der Waals surface area contributed by atoms with Crippen LogP contribution in [0, 0.1) is 5.92 Å². The molecule has 2 N–H and O–H groups in total. The number of hydrogen-bond acceptors (Lipinski definition) is 2. The van der Waals surface area contributed by atoms with E-state index in [9.17, 15) is 0 Å². The van der Waals surface area contributed by atoms with Crippen molar-refractivity contribution < 1.29 is 0 Å². The Morgan fingerprint density at radius 2 is 2.15 bits per heavy atom. The molecule has 0 aliphatic carbocycles. The highest BCUT2D eigenvalue weighted by molar-refractivity contribution is 5.86. The average Bonchev–Trinajstić information content (AvgIpc) is 2.76. The first kappa shape index (κ1) is 14.8. The zero-order valence-corrected chi connectivity index (χ0v) is 13.1. The van der Waals surface area contributed by atoms with Gasteiger partial charge in [0, 0.05) is 35.4 Å². The van der Waals surface area contributed by atoms with Gasteiger partial charge in [0.25, 0.3) is 0 Å². The number of fused-ring (bicyclic) bond motifs is 1. The van der Waals surface area contributed by atoms with Gasteiger partial charge < -0.3 is 10.3 Å². The number of H-pyrrole nitrogens is 1. The summed E-state index contributed by atoms with van der Waals surface area (Å²) in [6.07, 6.45) is 6.14. The monoisotopic (exact) mass is 271 g/mol. The van der Waals surface area contributed by atoms with Gasteiger partial charge in [-0.2, -0.15) is 0 Å². The quantitative estimate of drug-likeness (QED) is 0.882. The Balaban J connectivity index is 2.29. The summed E-state index contributed by atoms with van der Waals surface area (Å²) in [5, 5.41) is 4.75. The maximum absolute atomic E-state index is 4.34. The van der Waals surface area contributed by atoms with Gasteiger partial charge in [-0.3, -0.25) is 0 Å². The van der Waals surface area contributed by atoms with Crippen LogP contribution >= 0.6 is 0 Å². The second kappa shape index (κ2) is 5.80. The Morgan fingerprint density at radius 1 is 1.40 bits per heavy atom. The Morgan fingerprint density at radius 3 is 2.80 bits per heavy atom. The van der Waals surface area contributed by atoms with Crippen LogP contribution in [0.5, 0.6) is 0 Å². The van der Waals surface area contributed by atoms with Crippen LogP contribution in [0.25, 0.3) is 17.1 Å². The lowest BCUT2D eigenvalue weighted by atomic mass is 9.99. The lowest BCUT2D eigenvalue weighted by Gasteiger charge is -2.23. The predicted molar refractivity (Wildman–Crippen MR) is 86.7 cm³/mol. The van der Waals surface area contributed by atoms with Crippen molar-refractivity contribution in [2.45, 2.75) is 40.2 Å². The minimum Gasteiger partial charge on any atom is -0.346 e. The number of hydrogen-bond donors (Lipinski definition) is 2. The first-order valence-electron chi connectivity index (χ1n) is 7.24. The number of nitrogens with one attached hydrogen (secondary N) is 2. The molecule has 0 aromatic carbocycles. The van der Waals surface area contributed by atoms with Gasteiger partial charge in [-0.05, 0) is 38.8 Å². The molecule has 0 aliphatic rings. The second-order valence-corrected chi connectivity index (χ2v) is 6.62. The molecule has 0 spiro atoms. The average molecular weight is 271 g/mol. The fourth-order valence-corrected chi connectivity index (χ4v) is 2.09. The minimum atomic E-state index is 0.135. The van der Waals surface area contributed by atoms with E-state index in [0.29, 0.717) is 5.92 Å². The number of nitrogens with zero attached hydrogens (tertiary/aromatic N) is 1. The summed E-state index contributed by atoms with van der Waals surface area (Å²) in [6.45, 7) is 12.0. The third-order valence-electron chi connectivity index (χ3n) is 3.39. The smallest absolute Gasteiger partial charge is 0.137 e. The van der Waals surface area contributed by atoms with Gasteiger partial charge in [-0.1, -0.05) is 25.5 Å². The van der Waals surface area contributed by atoms with E-state index >= 15 is 0 Å². The van der Waals surface area contributed by atoms with E-state index in [1.54, 1.807) is 0 Å². The fraction of sp³-hybridized carbons (Fsp3) is 0.471. The first-order valence-corrected chi connectivity index (χ1v) is 7.24. The second-order valence-electron chi connectivity index (χ2n) is 6.62. The van der Waals surface area contributed by atoms with E-state index < -0.39 is 0 Å². The molecule has 3 heteroatoms. The van der Waals surface area contributed by atoms with E-state index in [1.165, 1.54) is 16.5 Å². The number of rotatable bonds is 4. The van der Waals surface area contributed by atoms with Crippen LogP contribution < -0.4 is 5.32 Å². The highest BCUT2D eigenvalue weighted by atomic mass is 14.9. The zero-order chi connectivity index (χ0) is 14.8. The lowest BCUT2D eigenvalue weighted by Crippen LogP contribution is -2.37. The highest BCUT2D eigenvalue weighted by Gasteiger charge is 2.12. The van der Waals surface area contributed by atoms with Crippen LogP contribution in [0.1, 0.15) is 40.2 Å². The number of aromatic amines is 1. The molecule has 0 bridgehead atoms. The van der Waals surface area contributed by atoms with Gasteiger partial charge in [0.05, 0.1) is 0 Å². The maximum Gasteiger partial charge on any atom is 0.137 e. The van der Waals surface area contributed by atoms with Crippen molar-refractivity contribution in [3.8, 4) is 0 Å². The largest absolute Gasteiger partial charge is 0.346 e. The van der Waals surface area contributed by atoms with Crippen LogP contribution in [-0.4, -0.2) is 22.1 Å². The topological polar surface area (TPSA) is 40.7 Å². The number of aromatic nitrogens is 2. The molecule has 0 radical (unpaired) electrons. The van der Waals surface area contributed by atoms with Crippen LogP contribution in [0.3, 0.4) is 0 Å². The Kier molecular flexibility index (Phi) is 4.29. The summed E-state index contributed by atoms with van der Waals surface area (Å²) in [6, 6.07) is 4.09. The van der Waals surface area contributed by atoms with Crippen molar-refractivity contribution >= 4 is 17.1 Å². The van der Waals surface area contributed by atoms with E-state index in [1.807, 2.05) is 18.5 Å². The van der Waals surface area contributed by atoms with Gasteiger partial charge in [0.15, 0.2) is 0 Å². The van der Waals surface area contributed by atoms with Gasteiger partial charge in [0.1, 0.15) is 5.65 Å². The van der Waals surface area contributed by atoms with Gasteiger partial charge in [-0.25, -0.2) is 4.98 Å². The van der Waals surface area contributed by atoms with Crippen molar-refractivity contribution in [3.05, 3.63) is 35.7 Å². The van der Waals surface area contributed by atoms with E-state index in [4.69, 9.17) is 0 Å². The molecule has 2 aromatic heterocycles. The molecule has 0 saturated carbocycles. The van der Waals surface area contributed by atoms with Crippen molar-refractivity contribution in [2.75, 3.05) is 6.54 Å². The molecule has 0 unspecified atom stereocenters. The molecule has 2 aromatic rings. The third-order valence-corrected chi connectivity index (χ3v) is 3.39. The van der Waals surface area contributed by atoms with Crippen LogP contribution in [0.15, 0.2) is 30.1 Å². The standard InChI is InChI=1S/C17H25N3/c1-12(2)13(11-20-17(3,4)5)9-14-10-19-16-15(14)7-6-8-18-16/h6-10,12,20H,11H2,1-5H3,(H,18,19). The molecular weight excluding hydrogens is 246 g/mol. The molecule has 3 nitrogen and oxygen atoms in total. The molecule has 0 aliphatic heterocycles. The van der Waals surface area contributed by atoms with E-state index in [-0.39, 0.29) is 5.54 Å². The summed E-state index contributed by atoms with van der Waals surface area (Å²) in [7, 11) is 0. The Bertz CT molecular complexity index is 600. The highest BCUT2D eigenvalue weighted by Crippen LogP contribution is 2.21.